The molecule has 2 rings (SSSR count). The number of para-hydroxylation sites is 1. The molecular formula is C18H21N3O3. The molecule has 0 radical (unpaired) electrons. The van der Waals surface area contributed by atoms with Gasteiger partial charge in [0.15, 0.2) is 6.61 Å². The molecule has 3 N–H and O–H groups in total. The fourth-order valence-electron chi connectivity index (χ4n) is 1.98. The van der Waals surface area contributed by atoms with Crippen LogP contribution in [-0.4, -0.2) is 18.5 Å². The molecule has 0 aliphatic rings. The van der Waals surface area contributed by atoms with E-state index >= 15 is 0 Å². The highest BCUT2D eigenvalue weighted by molar-refractivity contribution is 5.91. The molecule has 0 fully saturated rings. The van der Waals surface area contributed by atoms with Gasteiger partial charge in [0.05, 0.1) is 0 Å². The Hall–Kier alpha value is -3.02. The van der Waals surface area contributed by atoms with Gasteiger partial charge in [0.1, 0.15) is 5.75 Å². The second-order valence-corrected chi connectivity index (χ2v) is 5.48. The standard InChI is InChI=1S/C18H21N3O3/c1-12-8-9-15(10-14(12)3)24-11-17(22)20-21-18(23)19-16-7-5-4-6-13(16)2/h4-10H,11H2,1-3H3,(H,20,22)(H2,19,21,23). The summed E-state index contributed by atoms with van der Waals surface area (Å²) < 4.78 is 5.39. The third-order valence-corrected chi connectivity index (χ3v) is 3.56. The number of hydrogen-bond donors (Lipinski definition) is 3. The summed E-state index contributed by atoms with van der Waals surface area (Å²) in [5.74, 6) is 0.158. The smallest absolute Gasteiger partial charge is 0.337 e. The first-order chi connectivity index (χ1) is 11.5. The van der Waals surface area contributed by atoms with Crippen LogP contribution in [0.4, 0.5) is 10.5 Å². The maximum atomic E-state index is 11.7. The van der Waals surface area contributed by atoms with Gasteiger partial charge in [-0.15, -0.1) is 0 Å². The zero-order chi connectivity index (χ0) is 17.5. The number of aryl methyl sites for hydroxylation is 3. The molecule has 0 heterocycles. The minimum Gasteiger partial charge on any atom is -0.484 e. The Bertz CT molecular complexity index is 744. The molecule has 0 aliphatic carbocycles. The summed E-state index contributed by atoms with van der Waals surface area (Å²) in [5, 5.41) is 2.65. The van der Waals surface area contributed by atoms with Gasteiger partial charge in [-0.05, 0) is 55.7 Å². The molecule has 0 bridgehead atoms. The molecule has 3 amide bonds. The summed E-state index contributed by atoms with van der Waals surface area (Å²) in [7, 11) is 0. The van der Waals surface area contributed by atoms with Crippen molar-refractivity contribution in [1.82, 2.24) is 10.9 Å². The lowest BCUT2D eigenvalue weighted by Crippen LogP contribution is -2.45. The van der Waals surface area contributed by atoms with E-state index in [-0.39, 0.29) is 6.61 Å². The number of ether oxygens (including phenoxy) is 1. The fraction of sp³-hybridized carbons (Fsp3) is 0.222. The van der Waals surface area contributed by atoms with Crippen LogP contribution in [0.1, 0.15) is 16.7 Å². The van der Waals surface area contributed by atoms with Crippen molar-refractivity contribution in [2.45, 2.75) is 20.8 Å². The van der Waals surface area contributed by atoms with Crippen molar-refractivity contribution in [2.24, 2.45) is 0 Å². The first-order valence-corrected chi connectivity index (χ1v) is 7.57. The van der Waals surface area contributed by atoms with Crippen LogP contribution < -0.4 is 20.9 Å². The highest BCUT2D eigenvalue weighted by Crippen LogP contribution is 2.16. The average molecular weight is 327 g/mol. The first-order valence-electron chi connectivity index (χ1n) is 7.57. The van der Waals surface area contributed by atoms with Crippen LogP contribution in [0.25, 0.3) is 0 Å². The summed E-state index contributed by atoms with van der Waals surface area (Å²) in [6.07, 6.45) is 0. The van der Waals surface area contributed by atoms with Crippen LogP contribution in [0, 0.1) is 20.8 Å². The Kier molecular flexibility index (Phi) is 5.78. The van der Waals surface area contributed by atoms with Gasteiger partial charge < -0.3 is 10.1 Å². The van der Waals surface area contributed by atoms with Gasteiger partial charge >= 0.3 is 6.03 Å². The van der Waals surface area contributed by atoms with E-state index < -0.39 is 11.9 Å². The highest BCUT2D eigenvalue weighted by atomic mass is 16.5. The van der Waals surface area contributed by atoms with Crippen molar-refractivity contribution in [3.05, 3.63) is 59.2 Å². The predicted octanol–water partition coefficient (Wildman–Crippen LogP) is 2.84. The van der Waals surface area contributed by atoms with Crippen molar-refractivity contribution in [3.8, 4) is 5.75 Å². The number of anilines is 1. The van der Waals surface area contributed by atoms with Crippen LogP contribution in [0.5, 0.6) is 5.75 Å². The van der Waals surface area contributed by atoms with Gasteiger partial charge in [0.2, 0.25) is 0 Å². The molecule has 0 unspecified atom stereocenters. The number of hydrogen-bond acceptors (Lipinski definition) is 3. The quantitative estimate of drug-likeness (QED) is 0.756. The van der Waals surface area contributed by atoms with Crippen LogP contribution in [0.15, 0.2) is 42.5 Å². The van der Waals surface area contributed by atoms with E-state index in [1.54, 1.807) is 12.1 Å². The van der Waals surface area contributed by atoms with Crippen LogP contribution in [0.2, 0.25) is 0 Å². The zero-order valence-corrected chi connectivity index (χ0v) is 14.0. The first kappa shape index (κ1) is 17.3. The second kappa shape index (κ2) is 8.01. The summed E-state index contributed by atoms with van der Waals surface area (Å²) >= 11 is 0. The fourth-order valence-corrected chi connectivity index (χ4v) is 1.98. The van der Waals surface area contributed by atoms with Gasteiger partial charge in [-0.1, -0.05) is 24.3 Å². The van der Waals surface area contributed by atoms with E-state index in [1.807, 2.05) is 51.1 Å². The van der Waals surface area contributed by atoms with E-state index in [2.05, 4.69) is 16.2 Å². The SMILES string of the molecule is Cc1ccc(OCC(=O)NNC(=O)Nc2ccccc2C)cc1C. The summed E-state index contributed by atoms with van der Waals surface area (Å²) in [5.41, 5.74) is 8.42. The number of urea groups is 1. The van der Waals surface area contributed by atoms with Crippen LogP contribution in [0.3, 0.4) is 0 Å². The molecule has 0 atom stereocenters. The zero-order valence-electron chi connectivity index (χ0n) is 14.0. The molecular weight excluding hydrogens is 306 g/mol. The third-order valence-electron chi connectivity index (χ3n) is 3.56. The Balaban J connectivity index is 1.75. The van der Waals surface area contributed by atoms with Crippen molar-refractivity contribution in [1.29, 1.82) is 0 Å². The maximum Gasteiger partial charge on any atom is 0.337 e. The Morgan fingerprint density at radius 2 is 1.67 bits per heavy atom. The van der Waals surface area contributed by atoms with Crippen LogP contribution in [-0.2, 0) is 4.79 Å². The number of benzene rings is 2. The molecule has 0 saturated carbocycles. The second-order valence-electron chi connectivity index (χ2n) is 5.48. The van der Waals surface area contributed by atoms with Crippen molar-refractivity contribution in [2.75, 3.05) is 11.9 Å². The van der Waals surface area contributed by atoms with Crippen molar-refractivity contribution >= 4 is 17.6 Å². The Labute approximate surface area is 141 Å². The molecule has 0 aliphatic heterocycles. The summed E-state index contributed by atoms with van der Waals surface area (Å²) in [6, 6.07) is 12.4. The number of rotatable bonds is 4. The van der Waals surface area contributed by atoms with Gasteiger partial charge in [-0.25, -0.2) is 10.2 Å². The highest BCUT2D eigenvalue weighted by Gasteiger charge is 2.07. The third kappa shape index (κ3) is 5.01. The monoisotopic (exact) mass is 327 g/mol. The largest absolute Gasteiger partial charge is 0.484 e. The molecule has 6 heteroatoms. The van der Waals surface area contributed by atoms with Crippen LogP contribution >= 0.6 is 0 Å². The van der Waals surface area contributed by atoms with E-state index in [0.29, 0.717) is 11.4 Å². The lowest BCUT2D eigenvalue weighted by atomic mass is 10.1. The lowest BCUT2D eigenvalue weighted by Gasteiger charge is -2.11. The number of carbonyl (C=O) groups excluding carboxylic acids is 2. The summed E-state index contributed by atoms with van der Waals surface area (Å²) in [6.45, 7) is 5.67. The normalized spacial score (nSPS) is 9.96. The van der Waals surface area contributed by atoms with Gasteiger partial charge in [0.25, 0.3) is 5.91 Å². The van der Waals surface area contributed by atoms with Gasteiger partial charge in [-0.2, -0.15) is 0 Å². The molecule has 2 aromatic rings. The maximum absolute atomic E-state index is 11.7. The predicted molar refractivity (Wildman–Crippen MR) is 92.9 cm³/mol. The molecule has 24 heavy (non-hydrogen) atoms. The number of carbonyl (C=O) groups is 2. The van der Waals surface area contributed by atoms with Gasteiger partial charge in [0, 0.05) is 5.69 Å². The van der Waals surface area contributed by atoms with Gasteiger partial charge in [-0.3, -0.25) is 10.2 Å². The topological polar surface area (TPSA) is 79.5 Å². The minimum atomic E-state index is -0.524. The lowest BCUT2D eigenvalue weighted by molar-refractivity contribution is -0.123. The number of nitrogens with one attached hydrogen (secondary N) is 3. The van der Waals surface area contributed by atoms with Crippen molar-refractivity contribution in [3.63, 3.8) is 0 Å². The molecule has 0 saturated heterocycles. The number of amides is 3. The Morgan fingerprint density at radius 3 is 2.38 bits per heavy atom. The molecule has 126 valence electrons. The van der Waals surface area contributed by atoms with E-state index in [9.17, 15) is 9.59 Å². The van der Waals surface area contributed by atoms with Crippen molar-refractivity contribution < 1.29 is 14.3 Å². The molecule has 6 nitrogen and oxygen atoms in total. The Morgan fingerprint density at radius 1 is 0.917 bits per heavy atom. The average Bonchev–Trinajstić information content (AvgIpc) is 2.56. The molecule has 2 aromatic carbocycles. The summed E-state index contributed by atoms with van der Waals surface area (Å²) in [4.78, 5) is 23.5. The number of hydrazine groups is 1. The molecule has 0 spiro atoms. The molecule has 0 aromatic heterocycles. The van der Waals surface area contributed by atoms with E-state index in [4.69, 9.17) is 4.74 Å². The van der Waals surface area contributed by atoms with E-state index in [1.165, 1.54) is 0 Å². The van der Waals surface area contributed by atoms with E-state index in [0.717, 1.165) is 16.7 Å². The minimum absolute atomic E-state index is 0.187.